The molecular formula is C19H24N2O4S. The predicted octanol–water partition coefficient (Wildman–Crippen LogP) is 2.47. The summed E-state index contributed by atoms with van der Waals surface area (Å²) in [5, 5.41) is 2.83. The highest BCUT2D eigenvalue weighted by atomic mass is 32.2. The number of carbonyl (C=O) groups excluding carboxylic acids is 1. The minimum absolute atomic E-state index is 0.0724. The van der Waals surface area contributed by atoms with E-state index in [1.54, 1.807) is 36.4 Å². The molecule has 0 bridgehead atoms. The van der Waals surface area contributed by atoms with Crippen LogP contribution in [0.3, 0.4) is 0 Å². The summed E-state index contributed by atoms with van der Waals surface area (Å²) in [4.78, 5) is 14.9. The minimum Gasteiger partial charge on any atom is -0.459 e. The van der Waals surface area contributed by atoms with Crippen LogP contribution in [0.1, 0.15) is 35.4 Å². The summed E-state index contributed by atoms with van der Waals surface area (Å²) in [6.45, 7) is 3.45. The SMILES string of the molecule is O=C(NCCN1CCCCC1)c1occc1CS(=O)(=O)c1ccccc1. The number of nitrogens with one attached hydrogen (secondary N) is 1. The Kier molecular flexibility index (Phi) is 6.11. The Balaban J connectivity index is 1.60. The van der Waals surface area contributed by atoms with Gasteiger partial charge in [-0.2, -0.15) is 0 Å². The Morgan fingerprint density at radius 1 is 1.08 bits per heavy atom. The molecule has 0 atom stereocenters. The number of sulfone groups is 1. The average Bonchev–Trinajstić information content (AvgIpc) is 3.11. The molecule has 1 aromatic heterocycles. The number of hydrogen-bond acceptors (Lipinski definition) is 5. The van der Waals surface area contributed by atoms with Crippen molar-refractivity contribution in [3.05, 3.63) is 54.0 Å². The summed E-state index contributed by atoms with van der Waals surface area (Å²) in [6, 6.07) is 9.76. The van der Waals surface area contributed by atoms with Gasteiger partial charge in [-0.15, -0.1) is 0 Å². The van der Waals surface area contributed by atoms with Gasteiger partial charge >= 0.3 is 0 Å². The third-order valence-electron chi connectivity index (χ3n) is 4.56. The lowest BCUT2D eigenvalue weighted by Crippen LogP contribution is -2.37. The van der Waals surface area contributed by atoms with E-state index in [1.807, 2.05) is 0 Å². The third-order valence-corrected chi connectivity index (χ3v) is 6.24. The molecule has 0 radical (unpaired) electrons. The Labute approximate surface area is 154 Å². The third kappa shape index (κ3) is 4.74. The van der Waals surface area contributed by atoms with E-state index in [4.69, 9.17) is 4.42 Å². The first-order valence-corrected chi connectivity index (χ1v) is 10.6. The van der Waals surface area contributed by atoms with Crippen molar-refractivity contribution in [1.29, 1.82) is 0 Å². The van der Waals surface area contributed by atoms with E-state index in [0.717, 1.165) is 19.6 Å². The fourth-order valence-corrected chi connectivity index (χ4v) is 4.53. The molecule has 0 saturated carbocycles. The van der Waals surface area contributed by atoms with Crippen LogP contribution in [0.25, 0.3) is 0 Å². The standard InChI is InChI=1S/C19H24N2O4S/c22-19(20-10-13-21-11-5-2-6-12-21)18-16(9-14-25-18)15-26(23,24)17-7-3-1-4-8-17/h1,3-4,7-9,14H,2,5-6,10-13,15H2,(H,20,22). The van der Waals surface area contributed by atoms with Crippen molar-refractivity contribution in [3.63, 3.8) is 0 Å². The molecule has 26 heavy (non-hydrogen) atoms. The van der Waals surface area contributed by atoms with Crippen LogP contribution in [0, 0.1) is 0 Å². The van der Waals surface area contributed by atoms with Gasteiger partial charge in [0.25, 0.3) is 5.91 Å². The maximum Gasteiger partial charge on any atom is 0.287 e. The van der Waals surface area contributed by atoms with Crippen molar-refractivity contribution in [1.82, 2.24) is 10.2 Å². The summed E-state index contributed by atoms with van der Waals surface area (Å²) in [6.07, 6.45) is 5.03. The van der Waals surface area contributed by atoms with Crippen molar-refractivity contribution < 1.29 is 17.6 Å². The summed E-state index contributed by atoms with van der Waals surface area (Å²) >= 11 is 0. The number of hydrogen-bond donors (Lipinski definition) is 1. The van der Waals surface area contributed by atoms with Crippen molar-refractivity contribution >= 4 is 15.7 Å². The van der Waals surface area contributed by atoms with Crippen LogP contribution in [0.15, 0.2) is 52.0 Å². The van der Waals surface area contributed by atoms with Gasteiger partial charge in [-0.05, 0) is 44.1 Å². The largest absolute Gasteiger partial charge is 0.459 e. The minimum atomic E-state index is -3.53. The zero-order chi connectivity index (χ0) is 18.4. The lowest BCUT2D eigenvalue weighted by molar-refractivity contribution is 0.0918. The van der Waals surface area contributed by atoms with E-state index in [1.165, 1.54) is 25.5 Å². The Bertz CT molecular complexity index is 824. The van der Waals surface area contributed by atoms with Crippen LogP contribution in [-0.4, -0.2) is 45.4 Å². The molecule has 7 heteroatoms. The molecule has 140 valence electrons. The molecule has 1 aromatic carbocycles. The quantitative estimate of drug-likeness (QED) is 0.803. The van der Waals surface area contributed by atoms with E-state index < -0.39 is 9.84 Å². The number of furan rings is 1. The average molecular weight is 376 g/mol. The van der Waals surface area contributed by atoms with Crippen molar-refractivity contribution in [2.24, 2.45) is 0 Å². The molecule has 1 fully saturated rings. The van der Waals surface area contributed by atoms with Gasteiger partial charge in [0.2, 0.25) is 0 Å². The lowest BCUT2D eigenvalue weighted by Gasteiger charge is -2.26. The van der Waals surface area contributed by atoms with Gasteiger partial charge in [0.05, 0.1) is 16.9 Å². The second-order valence-corrected chi connectivity index (χ2v) is 8.49. The van der Waals surface area contributed by atoms with Crippen LogP contribution >= 0.6 is 0 Å². The highest BCUT2D eigenvalue weighted by Crippen LogP contribution is 2.19. The van der Waals surface area contributed by atoms with Gasteiger partial charge in [0.15, 0.2) is 15.6 Å². The molecular weight excluding hydrogens is 352 g/mol. The van der Waals surface area contributed by atoms with Gasteiger partial charge in [-0.1, -0.05) is 24.6 Å². The molecule has 0 spiro atoms. The first-order chi connectivity index (χ1) is 12.6. The summed E-state index contributed by atoms with van der Waals surface area (Å²) in [5.41, 5.74) is 0.379. The van der Waals surface area contributed by atoms with Crippen LogP contribution in [-0.2, 0) is 15.6 Å². The molecule has 1 aliphatic rings. The molecule has 6 nitrogen and oxygen atoms in total. The van der Waals surface area contributed by atoms with Crippen LogP contribution < -0.4 is 5.32 Å². The van der Waals surface area contributed by atoms with E-state index in [2.05, 4.69) is 10.2 Å². The second kappa shape index (κ2) is 8.51. The van der Waals surface area contributed by atoms with Crippen LogP contribution in [0.2, 0.25) is 0 Å². The summed E-state index contributed by atoms with van der Waals surface area (Å²) < 4.78 is 30.3. The Morgan fingerprint density at radius 2 is 1.81 bits per heavy atom. The maximum atomic E-state index is 12.5. The van der Waals surface area contributed by atoms with E-state index in [9.17, 15) is 13.2 Å². The monoisotopic (exact) mass is 376 g/mol. The van der Waals surface area contributed by atoms with Gasteiger partial charge < -0.3 is 14.6 Å². The molecule has 1 saturated heterocycles. The van der Waals surface area contributed by atoms with Gasteiger partial charge in [-0.25, -0.2) is 8.42 Å². The molecule has 1 N–H and O–H groups in total. The van der Waals surface area contributed by atoms with Crippen molar-refractivity contribution in [3.8, 4) is 0 Å². The van der Waals surface area contributed by atoms with Crippen molar-refractivity contribution in [2.75, 3.05) is 26.2 Å². The van der Waals surface area contributed by atoms with Gasteiger partial charge in [0.1, 0.15) is 0 Å². The number of carbonyl (C=O) groups is 1. The zero-order valence-corrected chi connectivity index (χ0v) is 15.5. The number of piperidine rings is 1. The molecule has 3 rings (SSSR count). The number of rotatable bonds is 7. The zero-order valence-electron chi connectivity index (χ0n) is 14.7. The van der Waals surface area contributed by atoms with Crippen molar-refractivity contribution in [2.45, 2.75) is 29.9 Å². The summed E-state index contributed by atoms with van der Waals surface area (Å²) in [5.74, 6) is -0.559. The number of amides is 1. The van der Waals surface area contributed by atoms with Gasteiger partial charge in [0, 0.05) is 18.7 Å². The molecule has 2 heterocycles. The first-order valence-electron chi connectivity index (χ1n) is 8.91. The molecule has 0 aliphatic carbocycles. The number of likely N-dealkylation sites (tertiary alicyclic amines) is 1. The Hall–Kier alpha value is -2.12. The maximum absolute atomic E-state index is 12.5. The first kappa shape index (κ1) is 18.7. The van der Waals surface area contributed by atoms with Crippen LogP contribution in [0.4, 0.5) is 0 Å². The lowest BCUT2D eigenvalue weighted by atomic mass is 10.1. The molecule has 1 amide bonds. The topological polar surface area (TPSA) is 79.6 Å². The van der Waals surface area contributed by atoms with Gasteiger partial charge in [-0.3, -0.25) is 4.79 Å². The highest BCUT2D eigenvalue weighted by molar-refractivity contribution is 7.90. The molecule has 2 aromatic rings. The normalized spacial score (nSPS) is 15.7. The summed E-state index contributed by atoms with van der Waals surface area (Å²) in [7, 11) is -3.53. The second-order valence-electron chi connectivity index (χ2n) is 6.51. The number of benzene rings is 1. The fraction of sp³-hybridized carbons (Fsp3) is 0.421. The van der Waals surface area contributed by atoms with E-state index in [-0.39, 0.29) is 22.3 Å². The Morgan fingerprint density at radius 3 is 2.54 bits per heavy atom. The predicted molar refractivity (Wildman–Crippen MR) is 98.7 cm³/mol. The highest BCUT2D eigenvalue weighted by Gasteiger charge is 2.22. The van der Waals surface area contributed by atoms with E-state index >= 15 is 0 Å². The molecule has 1 aliphatic heterocycles. The molecule has 0 unspecified atom stereocenters. The number of nitrogens with zero attached hydrogens (tertiary/aromatic N) is 1. The van der Waals surface area contributed by atoms with Crippen LogP contribution in [0.5, 0.6) is 0 Å². The van der Waals surface area contributed by atoms with E-state index in [0.29, 0.717) is 12.1 Å². The fourth-order valence-electron chi connectivity index (χ4n) is 3.16. The smallest absolute Gasteiger partial charge is 0.287 e.